The third-order valence-corrected chi connectivity index (χ3v) is 5.87. The zero-order valence-corrected chi connectivity index (χ0v) is 24.1. The highest BCUT2D eigenvalue weighted by Gasteiger charge is 2.24. The SMILES string of the molecule is CC(=O)/C=C\[C@H](C)OC(=O)/C=C/C1=CCCC([N+](=O)[O-])C1.CC(=O)C#C[C@H](C)OC(=O)/C=C/C1=CCCC([N+](=O)[O-])C1. The average molecular weight is 585 g/mol. The van der Waals surface area contributed by atoms with E-state index in [0.717, 1.165) is 11.1 Å². The van der Waals surface area contributed by atoms with Gasteiger partial charge in [-0.2, -0.15) is 0 Å². The normalized spacial score (nSPS) is 19.7. The highest BCUT2D eigenvalue weighted by molar-refractivity contribution is 5.93. The van der Waals surface area contributed by atoms with Gasteiger partial charge < -0.3 is 9.47 Å². The molecule has 0 fully saturated rings. The van der Waals surface area contributed by atoms with E-state index >= 15 is 0 Å². The quantitative estimate of drug-likeness (QED) is 0.0904. The molecular formula is C30H36N2O10. The Morgan fingerprint density at radius 3 is 1.76 bits per heavy atom. The summed E-state index contributed by atoms with van der Waals surface area (Å²) >= 11 is 0. The van der Waals surface area contributed by atoms with Crippen LogP contribution in [0.2, 0.25) is 0 Å². The molecule has 2 aliphatic carbocycles. The molecule has 12 heteroatoms. The zero-order valence-electron chi connectivity index (χ0n) is 24.1. The summed E-state index contributed by atoms with van der Waals surface area (Å²) in [6.45, 7) is 5.94. The molecule has 0 spiro atoms. The molecule has 0 saturated heterocycles. The van der Waals surface area contributed by atoms with Crippen molar-refractivity contribution in [2.75, 3.05) is 0 Å². The highest BCUT2D eigenvalue weighted by atomic mass is 16.6. The number of carbonyl (C=O) groups is 4. The summed E-state index contributed by atoms with van der Waals surface area (Å²) in [4.78, 5) is 65.4. The van der Waals surface area contributed by atoms with Crippen molar-refractivity contribution < 1.29 is 38.5 Å². The average Bonchev–Trinajstić information content (AvgIpc) is 2.93. The third kappa shape index (κ3) is 15.8. The second-order valence-electron chi connectivity index (χ2n) is 9.68. The second-order valence-corrected chi connectivity index (χ2v) is 9.68. The van der Waals surface area contributed by atoms with Crippen LogP contribution in [-0.2, 0) is 28.7 Å². The van der Waals surface area contributed by atoms with Crippen molar-refractivity contribution in [3.63, 3.8) is 0 Å². The van der Waals surface area contributed by atoms with E-state index in [4.69, 9.17) is 9.47 Å². The van der Waals surface area contributed by atoms with Gasteiger partial charge in [-0.25, -0.2) is 9.59 Å². The Hall–Kier alpha value is -4.66. The lowest BCUT2D eigenvalue weighted by molar-refractivity contribution is -0.523. The van der Waals surface area contributed by atoms with Crippen molar-refractivity contribution in [1.82, 2.24) is 0 Å². The molecule has 0 aliphatic heterocycles. The Bertz CT molecular complexity index is 1250. The second kappa shape index (κ2) is 18.6. The fourth-order valence-corrected chi connectivity index (χ4v) is 3.80. The van der Waals surface area contributed by atoms with Crippen LogP contribution in [0.15, 0.2) is 59.8 Å². The Kier molecular flexibility index (Phi) is 15.7. The summed E-state index contributed by atoms with van der Waals surface area (Å²) < 4.78 is 9.99. The summed E-state index contributed by atoms with van der Waals surface area (Å²) in [7, 11) is 0. The minimum absolute atomic E-state index is 0.119. The number of allylic oxidation sites excluding steroid dienone is 5. The fourth-order valence-electron chi connectivity index (χ4n) is 3.80. The number of nitro groups is 2. The van der Waals surface area contributed by atoms with Crippen LogP contribution in [0.4, 0.5) is 0 Å². The van der Waals surface area contributed by atoms with Gasteiger partial charge in [0.15, 0.2) is 11.9 Å². The Morgan fingerprint density at radius 2 is 1.33 bits per heavy atom. The van der Waals surface area contributed by atoms with Crippen LogP contribution >= 0.6 is 0 Å². The Balaban J connectivity index is 0.000000420. The first-order valence-corrected chi connectivity index (χ1v) is 13.4. The van der Waals surface area contributed by atoms with Crippen molar-refractivity contribution in [2.45, 2.75) is 90.5 Å². The van der Waals surface area contributed by atoms with Gasteiger partial charge >= 0.3 is 11.9 Å². The zero-order chi connectivity index (χ0) is 31.7. The minimum atomic E-state index is -0.682. The van der Waals surface area contributed by atoms with Gasteiger partial charge in [0.05, 0.1) is 0 Å². The summed E-state index contributed by atoms with van der Waals surface area (Å²) in [6, 6.07) is -1.17. The lowest BCUT2D eigenvalue weighted by atomic mass is 9.95. The topological polar surface area (TPSA) is 173 Å². The van der Waals surface area contributed by atoms with Gasteiger partial charge in [0.2, 0.25) is 17.9 Å². The first-order chi connectivity index (χ1) is 19.8. The van der Waals surface area contributed by atoms with E-state index in [1.165, 1.54) is 44.2 Å². The molecule has 226 valence electrons. The summed E-state index contributed by atoms with van der Waals surface area (Å²) in [5.74, 6) is 3.24. The van der Waals surface area contributed by atoms with E-state index in [1.807, 2.05) is 12.2 Å². The number of esters is 2. The molecule has 0 saturated carbocycles. The number of nitrogens with zero attached hydrogens (tertiary/aromatic N) is 2. The minimum Gasteiger partial charge on any atom is -0.455 e. The van der Waals surface area contributed by atoms with Gasteiger partial charge in [-0.15, -0.1) is 0 Å². The molecule has 12 nitrogen and oxygen atoms in total. The van der Waals surface area contributed by atoms with E-state index in [2.05, 4.69) is 11.8 Å². The molecule has 2 unspecified atom stereocenters. The number of rotatable bonds is 10. The van der Waals surface area contributed by atoms with Crippen molar-refractivity contribution >= 4 is 23.5 Å². The molecule has 2 aliphatic rings. The summed E-state index contributed by atoms with van der Waals surface area (Å²) in [6.07, 6.45) is 13.9. The molecule has 0 heterocycles. The van der Waals surface area contributed by atoms with Crippen molar-refractivity contribution in [1.29, 1.82) is 0 Å². The molecule has 0 radical (unpaired) electrons. The fraction of sp³-hybridized carbons (Fsp3) is 0.467. The van der Waals surface area contributed by atoms with E-state index in [9.17, 15) is 39.4 Å². The van der Waals surface area contributed by atoms with Gasteiger partial charge in [0.25, 0.3) is 0 Å². The first-order valence-electron chi connectivity index (χ1n) is 13.4. The molecular weight excluding hydrogens is 548 g/mol. The lowest BCUT2D eigenvalue weighted by Crippen LogP contribution is -2.22. The van der Waals surface area contributed by atoms with Gasteiger partial charge in [-0.1, -0.05) is 30.2 Å². The molecule has 0 N–H and O–H groups in total. The standard InChI is InChI=1S/C15H19NO5.C15H17NO5/c2*1-11(17)6-7-12(2)21-15(18)9-8-13-4-3-5-14(10-13)16(19)20/h4,6-9,12,14H,3,5,10H2,1-2H3;4,8-9,12,14H,3,5,10H2,1-2H3/b7-6-,9-8+;9-8+/t2*12-,14?/m00/s1. The Labute approximate surface area is 244 Å². The van der Waals surface area contributed by atoms with Crippen LogP contribution in [0.25, 0.3) is 0 Å². The molecule has 0 amide bonds. The van der Waals surface area contributed by atoms with E-state index in [0.29, 0.717) is 38.5 Å². The first kappa shape index (κ1) is 35.4. The molecule has 0 aromatic rings. The van der Waals surface area contributed by atoms with Crippen LogP contribution in [0.1, 0.15) is 66.2 Å². The predicted octanol–water partition coefficient (Wildman–Crippen LogP) is 4.20. The van der Waals surface area contributed by atoms with Crippen molar-refractivity contribution in [3.8, 4) is 11.8 Å². The van der Waals surface area contributed by atoms with Crippen molar-refractivity contribution in [2.24, 2.45) is 0 Å². The highest BCUT2D eigenvalue weighted by Crippen LogP contribution is 2.22. The van der Waals surface area contributed by atoms with Crippen LogP contribution in [0, 0.1) is 32.1 Å². The Morgan fingerprint density at radius 1 is 0.857 bits per heavy atom. The maximum atomic E-state index is 11.6. The smallest absolute Gasteiger partial charge is 0.331 e. The van der Waals surface area contributed by atoms with E-state index in [1.54, 1.807) is 19.9 Å². The molecule has 42 heavy (non-hydrogen) atoms. The van der Waals surface area contributed by atoms with E-state index in [-0.39, 0.29) is 21.4 Å². The summed E-state index contributed by atoms with van der Waals surface area (Å²) in [5, 5.41) is 21.5. The molecule has 0 aromatic carbocycles. The van der Waals surface area contributed by atoms with Gasteiger partial charge in [-0.3, -0.25) is 29.8 Å². The molecule has 4 atom stereocenters. The van der Waals surface area contributed by atoms with Crippen LogP contribution in [0.3, 0.4) is 0 Å². The maximum absolute atomic E-state index is 11.6. The van der Waals surface area contributed by atoms with Crippen LogP contribution < -0.4 is 0 Å². The number of ether oxygens (including phenoxy) is 2. The maximum Gasteiger partial charge on any atom is 0.331 e. The largest absolute Gasteiger partial charge is 0.455 e. The number of hydrogen-bond acceptors (Lipinski definition) is 10. The summed E-state index contributed by atoms with van der Waals surface area (Å²) in [5.41, 5.74) is 1.52. The van der Waals surface area contributed by atoms with Crippen LogP contribution in [-0.4, -0.2) is 57.6 Å². The van der Waals surface area contributed by atoms with Crippen LogP contribution in [0.5, 0.6) is 0 Å². The lowest BCUT2D eigenvalue weighted by Gasteiger charge is -2.14. The third-order valence-electron chi connectivity index (χ3n) is 5.87. The van der Waals surface area contributed by atoms with Gasteiger partial charge in [0, 0.05) is 54.6 Å². The predicted molar refractivity (Wildman–Crippen MR) is 153 cm³/mol. The van der Waals surface area contributed by atoms with Gasteiger partial charge in [0.1, 0.15) is 6.10 Å². The number of hydrogen-bond donors (Lipinski definition) is 0. The number of ketones is 2. The van der Waals surface area contributed by atoms with E-state index < -0.39 is 36.2 Å². The number of carbonyl (C=O) groups excluding carboxylic acids is 4. The number of Topliss-reactive ketones (excluding diaryl/α,β-unsaturated/α-hetero) is 1. The van der Waals surface area contributed by atoms with Crippen molar-refractivity contribution in [3.05, 3.63) is 80.0 Å². The molecule has 2 rings (SSSR count). The monoisotopic (exact) mass is 584 g/mol. The molecule has 0 bridgehead atoms. The molecule has 0 aromatic heterocycles. The van der Waals surface area contributed by atoms with Gasteiger partial charge in [-0.05, 0) is 62.8 Å².